The lowest BCUT2D eigenvalue weighted by atomic mass is 9.97. The van der Waals surface area contributed by atoms with Gasteiger partial charge in [0.05, 0.1) is 18.6 Å². The van der Waals surface area contributed by atoms with Crippen molar-refractivity contribution in [1.29, 1.82) is 0 Å². The predicted octanol–water partition coefficient (Wildman–Crippen LogP) is 4.71. The lowest BCUT2D eigenvalue weighted by molar-refractivity contribution is -0.165. The SMILES string of the molecule is CCCCOC(=O)Oc1ccc(C[C@H](N)C(=O)OC[C@H](C)OC(=O)C(C)(C)C)cc1OC(=O)OCCCC. The Morgan fingerprint density at radius 3 is 1.95 bits per heavy atom. The highest BCUT2D eigenvalue weighted by Gasteiger charge is 2.26. The van der Waals surface area contributed by atoms with E-state index in [0.717, 1.165) is 12.8 Å². The normalized spacial score (nSPS) is 12.6. The molecule has 0 aliphatic heterocycles. The largest absolute Gasteiger partial charge is 0.513 e. The van der Waals surface area contributed by atoms with Crippen LogP contribution in [0, 0.1) is 5.41 Å². The summed E-state index contributed by atoms with van der Waals surface area (Å²) in [7, 11) is 0. The van der Waals surface area contributed by atoms with Crippen molar-refractivity contribution in [3.05, 3.63) is 23.8 Å². The molecule has 0 saturated carbocycles. The first-order chi connectivity index (χ1) is 17.9. The molecule has 0 heterocycles. The lowest BCUT2D eigenvalue weighted by Crippen LogP contribution is -2.37. The van der Waals surface area contributed by atoms with Gasteiger partial charge in [0.15, 0.2) is 11.5 Å². The number of carbonyl (C=O) groups is 4. The number of ether oxygens (including phenoxy) is 6. The summed E-state index contributed by atoms with van der Waals surface area (Å²) in [6.45, 7) is 10.9. The Morgan fingerprint density at radius 2 is 1.42 bits per heavy atom. The van der Waals surface area contributed by atoms with Gasteiger partial charge in [-0.15, -0.1) is 0 Å². The van der Waals surface area contributed by atoms with Crippen LogP contribution in [0.2, 0.25) is 0 Å². The Hall–Kier alpha value is -3.34. The molecule has 0 amide bonds. The highest BCUT2D eigenvalue weighted by Crippen LogP contribution is 2.30. The van der Waals surface area contributed by atoms with Crippen LogP contribution in [-0.2, 0) is 35.0 Å². The minimum Gasteiger partial charge on any atom is -0.461 e. The van der Waals surface area contributed by atoms with E-state index in [9.17, 15) is 19.2 Å². The third kappa shape index (κ3) is 12.8. The van der Waals surface area contributed by atoms with Gasteiger partial charge in [-0.25, -0.2) is 9.59 Å². The highest BCUT2D eigenvalue weighted by atomic mass is 16.7. The van der Waals surface area contributed by atoms with Crippen molar-refractivity contribution >= 4 is 24.2 Å². The van der Waals surface area contributed by atoms with Crippen molar-refractivity contribution in [2.75, 3.05) is 19.8 Å². The van der Waals surface area contributed by atoms with Crippen LogP contribution >= 0.6 is 0 Å². The summed E-state index contributed by atoms with van der Waals surface area (Å²) >= 11 is 0. The number of nitrogens with two attached hydrogens (primary N) is 1. The Balaban J connectivity index is 2.85. The number of carbonyl (C=O) groups excluding carboxylic acids is 4. The molecule has 0 bridgehead atoms. The van der Waals surface area contributed by atoms with E-state index in [1.165, 1.54) is 12.1 Å². The van der Waals surface area contributed by atoms with Gasteiger partial charge in [0.1, 0.15) is 18.8 Å². The second-order valence-electron chi connectivity index (χ2n) is 9.80. The molecular weight excluding hydrogens is 498 g/mol. The van der Waals surface area contributed by atoms with E-state index in [0.29, 0.717) is 18.4 Å². The van der Waals surface area contributed by atoms with E-state index in [4.69, 9.17) is 34.2 Å². The summed E-state index contributed by atoms with van der Waals surface area (Å²) in [5, 5.41) is 0. The second-order valence-corrected chi connectivity index (χ2v) is 9.80. The predicted molar refractivity (Wildman–Crippen MR) is 138 cm³/mol. The average molecular weight is 540 g/mol. The summed E-state index contributed by atoms with van der Waals surface area (Å²) < 4.78 is 30.9. The van der Waals surface area contributed by atoms with Gasteiger partial charge in [0.2, 0.25) is 0 Å². The van der Waals surface area contributed by atoms with Crippen LogP contribution < -0.4 is 15.2 Å². The number of esters is 2. The first-order valence-corrected chi connectivity index (χ1v) is 12.8. The van der Waals surface area contributed by atoms with Crippen LogP contribution in [0.3, 0.4) is 0 Å². The zero-order chi connectivity index (χ0) is 28.7. The number of hydrogen-bond acceptors (Lipinski definition) is 11. The molecule has 1 aromatic carbocycles. The topological polar surface area (TPSA) is 150 Å². The second kappa shape index (κ2) is 16.5. The number of unbranched alkanes of at least 4 members (excludes halogenated alkanes) is 2. The Kier molecular flexibility index (Phi) is 14.2. The van der Waals surface area contributed by atoms with E-state index in [2.05, 4.69) is 0 Å². The molecule has 11 heteroatoms. The first kappa shape index (κ1) is 32.7. The fourth-order valence-electron chi connectivity index (χ4n) is 2.72. The molecule has 1 rings (SSSR count). The maximum Gasteiger partial charge on any atom is 0.513 e. The van der Waals surface area contributed by atoms with Gasteiger partial charge in [-0.1, -0.05) is 32.8 Å². The van der Waals surface area contributed by atoms with Crippen molar-refractivity contribution in [2.45, 2.75) is 85.8 Å². The minimum atomic E-state index is -1.06. The number of benzene rings is 1. The van der Waals surface area contributed by atoms with E-state index in [1.54, 1.807) is 33.8 Å². The standard InChI is InChI=1S/C27H41NO10/c1-7-9-13-33-25(31)37-21-12-11-19(16-22(21)38-26(32)34-14-10-8-2)15-20(28)23(29)35-17-18(3)36-24(30)27(4,5)6/h11-12,16,18,20H,7-10,13-15,17,28H2,1-6H3/t18-,20-/m0/s1. The van der Waals surface area contributed by atoms with E-state index < -0.39 is 41.8 Å². The molecule has 214 valence electrons. The lowest BCUT2D eigenvalue weighted by Gasteiger charge is -2.21. The monoisotopic (exact) mass is 539 g/mol. The molecule has 11 nitrogen and oxygen atoms in total. The van der Waals surface area contributed by atoms with E-state index >= 15 is 0 Å². The van der Waals surface area contributed by atoms with Gasteiger partial charge < -0.3 is 34.2 Å². The van der Waals surface area contributed by atoms with E-state index in [-0.39, 0.29) is 37.7 Å². The van der Waals surface area contributed by atoms with Gasteiger partial charge in [-0.3, -0.25) is 9.59 Å². The Labute approximate surface area is 224 Å². The zero-order valence-corrected chi connectivity index (χ0v) is 23.2. The summed E-state index contributed by atoms with van der Waals surface area (Å²) in [6.07, 6.45) is 0.456. The third-order valence-electron chi connectivity index (χ3n) is 4.97. The van der Waals surface area contributed by atoms with Gasteiger partial charge in [-0.05, 0) is 64.7 Å². The first-order valence-electron chi connectivity index (χ1n) is 12.8. The smallest absolute Gasteiger partial charge is 0.461 e. The van der Waals surface area contributed by atoms with Crippen molar-refractivity contribution in [1.82, 2.24) is 0 Å². The van der Waals surface area contributed by atoms with Crippen LogP contribution in [-0.4, -0.2) is 56.2 Å². The Bertz CT molecular complexity index is 925. The molecule has 0 radical (unpaired) electrons. The molecule has 38 heavy (non-hydrogen) atoms. The highest BCUT2D eigenvalue weighted by molar-refractivity contribution is 5.77. The van der Waals surface area contributed by atoms with Crippen LogP contribution in [0.25, 0.3) is 0 Å². The number of rotatable bonds is 14. The molecule has 2 atom stereocenters. The molecule has 0 aliphatic carbocycles. The van der Waals surface area contributed by atoms with Crippen molar-refractivity contribution in [3.63, 3.8) is 0 Å². The van der Waals surface area contributed by atoms with Crippen molar-refractivity contribution < 1.29 is 47.6 Å². The van der Waals surface area contributed by atoms with E-state index in [1.807, 2.05) is 13.8 Å². The number of hydrogen-bond donors (Lipinski definition) is 1. The molecule has 0 saturated heterocycles. The molecule has 0 aliphatic rings. The van der Waals surface area contributed by atoms with Crippen LogP contribution in [0.4, 0.5) is 9.59 Å². The van der Waals surface area contributed by atoms with Crippen LogP contribution in [0.5, 0.6) is 11.5 Å². The quantitative estimate of drug-likeness (QED) is 0.151. The Morgan fingerprint density at radius 1 is 0.868 bits per heavy atom. The molecule has 0 fully saturated rings. The molecule has 0 spiro atoms. The van der Waals surface area contributed by atoms with Crippen molar-refractivity contribution in [2.24, 2.45) is 11.1 Å². The van der Waals surface area contributed by atoms with Crippen LogP contribution in [0.15, 0.2) is 18.2 Å². The van der Waals surface area contributed by atoms with Gasteiger partial charge >= 0.3 is 24.2 Å². The van der Waals surface area contributed by atoms with Gasteiger partial charge in [-0.2, -0.15) is 0 Å². The molecule has 1 aromatic rings. The summed E-state index contributed by atoms with van der Waals surface area (Å²) in [6, 6.07) is 3.31. The third-order valence-corrected chi connectivity index (χ3v) is 4.97. The van der Waals surface area contributed by atoms with Crippen molar-refractivity contribution in [3.8, 4) is 11.5 Å². The average Bonchev–Trinajstić information content (AvgIpc) is 2.83. The molecule has 2 N–H and O–H groups in total. The summed E-state index contributed by atoms with van der Waals surface area (Å²) in [5.41, 5.74) is 5.83. The maximum atomic E-state index is 12.4. The zero-order valence-electron chi connectivity index (χ0n) is 23.2. The summed E-state index contributed by atoms with van der Waals surface area (Å²) in [4.78, 5) is 48.5. The van der Waals surface area contributed by atoms with Crippen LogP contribution in [0.1, 0.15) is 72.8 Å². The molecule has 0 unspecified atom stereocenters. The fraction of sp³-hybridized carbons (Fsp3) is 0.630. The molecule has 0 aromatic heterocycles. The van der Waals surface area contributed by atoms with Gasteiger partial charge in [0, 0.05) is 0 Å². The summed E-state index contributed by atoms with van der Waals surface area (Å²) in [5.74, 6) is -1.28. The fourth-order valence-corrected chi connectivity index (χ4v) is 2.72. The minimum absolute atomic E-state index is 0.0253. The maximum absolute atomic E-state index is 12.4. The molecular formula is C27H41NO10. The van der Waals surface area contributed by atoms with Gasteiger partial charge in [0.25, 0.3) is 0 Å².